The minimum absolute atomic E-state index is 0.0538. The van der Waals surface area contributed by atoms with E-state index in [0.29, 0.717) is 47.7 Å². The lowest BCUT2D eigenvalue weighted by Crippen LogP contribution is -2.48. The van der Waals surface area contributed by atoms with E-state index in [1.807, 2.05) is 17.0 Å². The molecule has 8 heteroatoms. The lowest BCUT2D eigenvalue weighted by molar-refractivity contribution is -0.135. The fraction of sp³-hybridized carbons (Fsp3) is 0.357. The van der Waals surface area contributed by atoms with E-state index in [-0.39, 0.29) is 24.4 Å². The summed E-state index contributed by atoms with van der Waals surface area (Å²) in [5.41, 5.74) is 1.69. The van der Waals surface area contributed by atoms with Crippen molar-refractivity contribution in [1.29, 1.82) is 0 Å². The van der Waals surface area contributed by atoms with E-state index in [9.17, 15) is 9.59 Å². The minimum atomic E-state index is -0.206. The highest BCUT2D eigenvalue weighted by Crippen LogP contribution is 2.35. The number of nitrogens with zero attached hydrogens (tertiary/aromatic N) is 2. The molecule has 0 N–H and O–H groups in total. The predicted molar refractivity (Wildman–Crippen MR) is 141 cm³/mol. The second kappa shape index (κ2) is 10.9. The Labute approximate surface area is 220 Å². The van der Waals surface area contributed by atoms with Gasteiger partial charge in [-0.3, -0.25) is 9.59 Å². The average Bonchev–Trinajstić information content (AvgIpc) is 3.59. The van der Waals surface area contributed by atoms with E-state index in [4.69, 9.17) is 21.1 Å². The molecule has 0 radical (unpaired) electrons. The van der Waals surface area contributed by atoms with Crippen LogP contribution in [0, 0.1) is 5.92 Å². The first-order chi connectivity index (χ1) is 17.5. The molecule has 2 aromatic carbocycles. The van der Waals surface area contributed by atoms with E-state index in [0.717, 1.165) is 24.8 Å². The highest BCUT2D eigenvalue weighted by molar-refractivity contribution is 7.10. The Bertz CT molecular complexity index is 1210. The number of hydrogen-bond acceptors (Lipinski definition) is 5. The normalized spacial score (nSPS) is 16.8. The van der Waals surface area contributed by atoms with Crippen LogP contribution in [-0.4, -0.2) is 55.0 Å². The van der Waals surface area contributed by atoms with Crippen molar-refractivity contribution in [2.45, 2.75) is 25.3 Å². The van der Waals surface area contributed by atoms with Gasteiger partial charge in [0, 0.05) is 28.6 Å². The summed E-state index contributed by atoms with van der Waals surface area (Å²) in [6, 6.07) is 16.2. The summed E-state index contributed by atoms with van der Waals surface area (Å²) >= 11 is 7.72. The van der Waals surface area contributed by atoms with Gasteiger partial charge < -0.3 is 19.3 Å². The van der Waals surface area contributed by atoms with Crippen LogP contribution in [0.15, 0.2) is 60.0 Å². The first-order valence-corrected chi connectivity index (χ1v) is 13.4. The van der Waals surface area contributed by atoms with Gasteiger partial charge in [0.05, 0.1) is 13.2 Å². The van der Waals surface area contributed by atoms with Gasteiger partial charge in [-0.15, -0.1) is 11.3 Å². The van der Waals surface area contributed by atoms with Gasteiger partial charge >= 0.3 is 0 Å². The summed E-state index contributed by atoms with van der Waals surface area (Å²) in [6.45, 7) is 1.60. The molecule has 1 aromatic heterocycles. The van der Waals surface area contributed by atoms with Crippen LogP contribution in [-0.2, 0) is 11.2 Å². The fourth-order valence-electron chi connectivity index (χ4n) is 4.58. The number of amides is 2. The molecule has 188 valence electrons. The Hall–Kier alpha value is -3.03. The average molecular weight is 525 g/mol. The molecule has 1 aliphatic heterocycles. The van der Waals surface area contributed by atoms with E-state index < -0.39 is 0 Å². The van der Waals surface area contributed by atoms with Crippen molar-refractivity contribution in [2.75, 3.05) is 33.4 Å². The molecular formula is C28H29ClN2O4S. The van der Waals surface area contributed by atoms with Crippen LogP contribution in [0.3, 0.4) is 0 Å². The number of ether oxygens (including phenoxy) is 2. The first kappa shape index (κ1) is 24.7. The van der Waals surface area contributed by atoms with Crippen LogP contribution in [0.5, 0.6) is 11.5 Å². The lowest BCUT2D eigenvalue weighted by Gasteiger charge is -2.37. The largest absolute Gasteiger partial charge is 0.497 e. The Kier molecular flexibility index (Phi) is 7.48. The van der Waals surface area contributed by atoms with Gasteiger partial charge in [-0.2, -0.15) is 0 Å². The van der Waals surface area contributed by atoms with Gasteiger partial charge in [0.15, 0.2) is 0 Å². The molecule has 6 nitrogen and oxygen atoms in total. The van der Waals surface area contributed by atoms with Gasteiger partial charge in [0.25, 0.3) is 5.91 Å². The number of fused-ring (bicyclic) bond motifs is 1. The Balaban J connectivity index is 1.32. The van der Waals surface area contributed by atoms with E-state index in [1.165, 1.54) is 4.88 Å². The summed E-state index contributed by atoms with van der Waals surface area (Å²) in [7, 11) is 1.60. The zero-order valence-corrected chi connectivity index (χ0v) is 21.8. The van der Waals surface area contributed by atoms with Crippen LogP contribution >= 0.6 is 22.9 Å². The first-order valence-electron chi connectivity index (χ1n) is 12.2. The number of thiophene rings is 1. The fourth-order valence-corrected chi connectivity index (χ4v) is 5.64. The number of rotatable bonds is 9. The summed E-state index contributed by atoms with van der Waals surface area (Å²) in [5, 5.41) is 2.72. The van der Waals surface area contributed by atoms with Gasteiger partial charge in [0.2, 0.25) is 5.91 Å². The molecule has 0 saturated heterocycles. The van der Waals surface area contributed by atoms with Crippen molar-refractivity contribution >= 4 is 34.8 Å². The van der Waals surface area contributed by atoms with Crippen LogP contribution < -0.4 is 9.47 Å². The van der Waals surface area contributed by atoms with Crippen molar-refractivity contribution in [3.63, 3.8) is 0 Å². The van der Waals surface area contributed by atoms with Gasteiger partial charge in [-0.05, 0) is 90.7 Å². The molecule has 1 fully saturated rings. The third-order valence-corrected chi connectivity index (χ3v) is 8.01. The third kappa shape index (κ3) is 5.68. The molecule has 36 heavy (non-hydrogen) atoms. The summed E-state index contributed by atoms with van der Waals surface area (Å²) in [4.78, 5) is 31.9. The molecule has 0 bridgehead atoms. The number of carbonyl (C=O) groups is 2. The van der Waals surface area contributed by atoms with Crippen molar-refractivity contribution in [3.05, 3.63) is 81.0 Å². The van der Waals surface area contributed by atoms with Gasteiger partial charge in [-0.1, -0.05) is 11.6 Å². The number of carbonyl (C=O) groups excluding carboxylic acids is 2. The van der Waals surface area contributed by atoms with Crippen molar-refractivity contribution < 1.29 is 19.1 Å². The maximum Gasteiger partial charge on any atom is 0.254 e. The van der Waals surface area contributed by atoms with E-state index in [1.54, 1.807) is 59.7 Å². The zero-order valence-electron chi connectivity index (χ0n) is 20.2. The van der Waals surface area contributed by atoms with Crippen molar-refractivity contribution in [2.24, 2.45) is 5.92 Å². The van der Waals surface area contributed by atoms with Crippen LogP contribution in [0.25, 0.3) is 0 Å². The molecule has 2 amide bonds. The molecule has 1 saturated carbocycles. The Morgan fingerprint density at radius 3 is 2.47 bits per heavy atom. The van der Waals surface area contributed by atoms with Crippen molar-refractivity contribution in [3.8, 4) is 11.5 Å². The molecule has 5 rings (SSSR count). The molecule has 1 atom stereocenters. The summed E-state index contributed by atoms with van der Waals surface area (Å²) < 4.78 is 11.3. The molecule has 1 unspecified atom stereocenters. The maximum atomic E-state index is 13.7. The quantitative estimate of drug-likeness (QED) is 0.372. The van der Waals surface area contributed by atoms with Crippen LogP contribution in [0.1, 0.15) is 39.7 Å². The van der Waals surface area contributed by atoms with Crippen LogP contribution in [0.4, 0.5) is 0 Å². The number of halogens is 1. The molecule has 2 heterocycles. The summed E-state index contributed by atoms with van der Waals surface area (Å²) in [6.07, 6.45) is 3.01. The topological polar surface area (TPSA) is 59.1 Å². The molecular weight excluding hydrogens is 496 g/mol. The number of methoxy groups -OCH3 is 1. The second-order valence-electron chi connectivity index (χ2n) is 9.27. The predicted octanol–water partition coefficient (Wildman–Crippen LogP) is 5.47. The molecule has 1 aliphatic carbocycles. The highest BCUT2D eigenvalue weighted by Gasteiger charge is 2.35. The Morgan fingerprint density at radius 2 is 1.78 bits per heavy atom. The summed E-state index contributed by atoms with van der Waals surface area (Å²) in [5.74, 6) is 1.69. The maximum absolute atomic E-state index is 13.7. The van der Waals surface area contributed by atoms with Gasteiger partial charge in [0.1, 0.15) is 24.7 Å². The van der Waals surface area contributed by atoms with E-state index >= 15 is 0 Å². The highest BCUT2D eigenvalue weighted by atomic mass is 35.5. The SMILES string of the molecule is COc1ccc(C(=O)N(CC(=O)N2CCc3sccc3C2COc2ccc(Cl)cc2)CC2CC2)cc1. The second-order valence-corrected chi connectivity index (χ2v) is 10.7. The zero-order chi connectivity index (χ0) is 25.1. The van der Waals surface area contributed by atoms with Crippen molar-refractivity contribution in [1.82, 2.24) is 9.80 Å². The number of benzene rings is 2. The minimum Gasteiger partial charge on any atom is -0.497 e. The van der Waals surface area contributed by atoms with E-state index in [2.05, 4.69) is 11.4 Å². The lowest BCUT2D eigenvalue weighted by atomic mass is 10.0. The molecule has 0 spiro atoms. The number of hydrogen-bond donors (Lipinski definition) is 0. The smallest absolute Gasteiger partial charge is 0.254 e. The standard InChI is InChI=1S/C28H29ClN2O4S/c1-34-22-8-4-20(5-9-22)28(33)30(16-19-2-3-19)17-27(32)31-14-12-26-24(13-15-36-26)25(31)18-35-23-10-6-21(29)7-11-23/h4-11,13,15,19,25H,2-3,12,14,16-18H2,1H3. The monoisotopic (exact) mass is 524 g/mol. The Morgan fingerprint density at radius 1 is 1.06 bits per heavy atom. The third-order valence-electron chi connectivity index (χ3n) is 6.76. The van der Waals surface area contributed by atoms with Gasteiger partial charge in [-0.25, -0.2) is 0 Å². The molecule has 3 aromatic rings. The van der Waals surface area contributed by atoms with Crippen LogP contribution in [0.2, 0.25) is 5.02 Å². The molecule has 2 aliphatic rings.